The van der Waals surface area contributed by atoms with Gasteiger partial charge >= 0.3 is 6.09 Å². The Morgan fingerprint density at radius 3 is 2.47 bits per heavy atom. The van der Waals surface area contributed by atoms with Crippen LogP contribution in [0.5, 0.6) is 0 Å². The normalized spacial score (nSPS) is 10.2. The molecule has 8 nitrogen and oxygen atoms in total. The summed E-state index contributed by atoms with van der Waals surface area (Å²) in [6, 6.07) is 15.8. The number of amides is 3. The summed E-state index contributed by atoms with van der Waals surface area (Å²) in [7, 11) is 0. The van der Waals surface area contributed by atoms with Gasteiger partial charge in [0.2, 0.25) is 0 Å². The van der Waals surface area contributed by atoms with E-state index >= 15 is 0 Å². The van der Waals surface area contributed by atoms with Gasteiger partial charge in [-0.25, -0.2) is 9.78 Å². The molecule has 0 radical (unpaired) electrons. The minimum atomic E-state index is -0.613. The summed E-state index contributed by atoms with van der Waals surface area (Å²) in [6.07, 6.45) is -0.613. The quantitative estimate of drug-likeness (QED) is 0.540. The van der Waals surface area contributed by atoms with Crippen LogP contribution < -0.4 is 16.2 Å². The molecule has 1 heterocycles. The molecule has 0 spiro atoms. The Balaban J connectivity index is 1.63. The number of rotatable bonds is 5. The zero-order valence-electron chi connectivity index (χ0n) is 16.4. The molecule has 0 aliphatic rings. The second-order valence-corrected chi connectivity index (χ2v) is 7.13. The fourth-order valence-corrected chi connectivity index (χ4v) is 3.54. The van der Waals surface area contributed by atoms with Gasteiger partial charge in [-0.3, -0.25) is 25.8 Å². The maximum absolute atomic E-state index is 12.5. The topological polar surface area (TPSA) is 109 Å². The molecular weight excluding hydrogens is 404 g/mol. The molecule has 3 aromatic rings. The van der Waals surface area contributed by atoms with E-state index in [0.717, 1.165) is 10.6 Å². The molecular formula is C21H20N4O4S. The van der Waals surface area contributed by atoms with E-state index in [1.54, 1.807) is 32.0 Å². The van der Waals surface area contributed by atoms with Gasteiger partial charge in [0.05, 0.1) is 12.3 Å². The number of thiazole rings is 1. The van der Waals surface area contributed by atoms with Crippen LogP contribution >= 0.6 is 11.3 Å². The Hall–Kier alpha value is -3.72. The third-order valence-electron chi connectivity index (χ3n) is 3.96. The first-order chi connectivity index (χ1) is 14.5. The predicted octanol–water partition coefficient (Wildman–Crippen LogP) is 3.76. The van der Waals surface area contributed by atoms with Crippen molar-refractivity contribution in [3.05, 3.63) is 70.7 Å². The highest BCUT2D eigenvalue weighted by Gasteiger charge is 2.17. The number of carbonyl (C=O) groups excluding carboxylic acids is 3. The molecule has 1 aromatic heterocycles. The third-order valence-corrected chi connectivity index (χ3v) is 5.16. The number of hydrazine groups is 1. The van der Waals surface area contributed by atoms with Gasteiger partial charge in [0.1, 0.15) is 9.88 Å². The first-order valence-corrected chi connectivity index (χ1v) is 9.97. The maximum Gasteiger partial charge on any atom is 0.411 e. The van der Waals surface area contributed by atoms with Crippen LogP contribution in [0.25, 0.3) is 10.6 Å². The van der Waals surface area contributed by atoms with Gasteiger partial charge in [0, 0.05) is 16.8 Å². The number of benzene rings is 2. The van der Waals surface area contributed by atoms with Gasteiger partial charge in [0.25, 0.3) is 11.8 Å². The van der Waals surface area contributed by atoms with Crippen molar-refractivity contribution in [3.8, 4) is 10.6 Å². The number of aromatic nitrogens is 1. The summed E-state index contributed by atoms with van der Waals surface area (Å²) in [5.41, 5.74) is 6.93. The lowest BCUT2D eigenvalue weighted by molar-refractivity contribution is 0.0848. The van der Waals surface area contributed by atoms with Crippen molar-refractivity contribution in [2.75, 3.05) is 11.9 Å². The number of aryl methyl sites for hydroxylation is 1. The zero-order chi connectivity index (χ0) is 21.5. The molecule has 3 amide bonds. The second kappa shape index (κ2) is 9.66. The Labute approximate surface area is 177 Å². The van der Waals surface area contributed by atoms with Crippen LogP contribution in [0.4, 0.5) is 10.5 Å². The van der Waals surface area contributed by atoms with Gasteiger partial charge in [-0.2, -0.15) is 0 Å². The van der Waals surface area contributed by atoms with Crippen molar-refractivity contribution in [2.24, 2.45) is 0 Å². The molecule has 0 saturated carbocycles. The first-order valence-electron chi connectivity index (χ1n) is 9.15. The predicted molar refractivity (Wildman–Crippen MR) is 114 cm³/mol. The van der Waals surface area contributed by atoms with Crippen molar-refractivity contribution in [2.45, 2.75) is 13.8 Å². The number of hydrogen-bond acceptors (Lipinski definition) is 6. The lowest BCUT2D eigenvalue weighted by atomic mass is 10.2. The van der Waals surface area contributed by atoms with Crippen LogP contribution in [0.15, 0.2) is 54.6 Å². The van der Waals surface area contributed by atoms with E-state index in [2.05, 4.69) is 21.2 Å². The molecule has 0 atom stereocenters. The molecule has 30 heavy (non-hydrogen) atoms. The van der Waals surface area contributed by atoms with Crippen LogP contribution in [-0.2, 0) is 4.74 Å². The standard InChI is InChI=1S/C21H20N4O4S/c1-3-29-21(28)23-16-11-7-10-15(12-16)18(26)24-25-19(27)17-13(2)22-20(30-17)14-8-5-4-6-9-14/h4-12H,3H2,1-2H3,(H,23,28)(H,24,26)(H,25,27). The molecule has 9 heteroatoms. The number of anilines is 1. The van der Waals surface area contributed by atoms with Crippen LogP contribution in [0.1, 0.15) is 32.6 Å². The number of nitrogens with one attached hydrogen (secondary N) is 3. The number of ether oxygens (including phenoxy) is 1. The van der Waals surface area contributed by atoms with E-state index in [-0.39, 0.29) is 12.2 Å². The minimum absolute atomic E-state index is 0.237. The van der Waals surface area contributed by atoms with Gasteiger partial charge in [-0.1, -0.05) is 36.4 Å². The van der Waals surface area contributed by atoms with Crippen LogP contribution in [0.3, 0.4) is 0 Å². The van der Waals surface area contributed by atoms with E-state index in [4.69, 9.17) is 4.74 Å². The molecule has 0 fully saturated rings. The zero-order valence-corrected chi connectivity index (χ0v) is 17.2. The Morgan fingerprint density at radius 1 is 1.00 bits per heavy atom. The Kier molecular flexibility index (Phi) is 6.76. The van der Waals surface area contributed by atoms with Gasteiger partial charge in [-0.05, 0) is 32.0 Å². The summed E-state index contributed by atoms with van der Waals surface area (Å²) in [5, 5.41) is 3.24. The highest BCUT2D eigenvalue weighted by Crippen LogP contribution is 2.27. The monoisotopic (exact) mass is 424 g/mol. The second-order valence-electron chi connectivity index (χ2n) is 6.13. The summed E-state index contributed by atoms with van der Waals surface area (Å²) >= 11 is 1.25. The maximum atomic E-state index is 12.5. The van der Waals surface area contributed by atoms with E-state index in [0.29, 0.717) is 16.3 Å². The molecule has 0 unspecified atom stereocenters. The largest absolute Gasteiger partial charge is 0.450 e. The molecule has 3 N–H and O–H groups in total. The smallest absolute Gasteiger partial charge is 0.411 e. The molecule has 2 aromatic carbocycles. The van der Waals surface area contributed by atoms with Crippen molar-refractivity contribution in [3.63, 3.8) is 0 Å². The number of hydrogen-bond donors (Lipinski definition) is 3. The number of nitrogens with zero attached hydrogens (tertiary/aromatic N) is 1. The van der Waals surface area contributed by atoms with E-state index in [1.165, 1.54) is 17.4 Å². The van der Waals surface area contributed by atoms with Crippen LogP contribution in [0.2, 0.25) is 0 Å². The fourth-order valence-electron chi connectivity index (χ4n) is 2.58. The molecule has 0 bridgehead atoms. The fraction of sp³-hybridized carbons (Fsp3) is 0.143. The number of carbonyl (C=O) groups is 3. The molecule has 154 valence electrons. The Bertz CT molecular complexity index is 1070. The van der Waals surface area contributed by atoms with Gasteiger partial charge in [-0.15, -0.1) is 11.3 Å². The average Bonchev–Trinajstić information content (AvgIpc) is 3.14. The summed E-state index contributed by atoms with van der Waals surface area (Å²) in [5.74, 6) is -0.984. The average molecular weight is 424 g/mol. The molecule has 3 rings (SSSR count). The van der Waals surface area contributed by atoms with E-state index < -0.39 is 17.9 Å². The lowest BCUT2D eigenvalue weighted by Gasteiger charge is -2.09. The lowest BCUT2D eigenvalue weighted by Crippen LogP contribution is -2.41. The SMILES string of the molecule is CCOC(=O)Nc1cccc(C(=O)NNC(=O)c2sc(-c3ccccc3)nc2C)c1. The van der Waals surface area contributed by atoms with Gasteiger partial charge in [0.15, 0.2) is 0 Å². The van der Waals surface area contributed by atoms with E-state index in [1.807, 2.05) is 30.3 Å². The van der Waals surface area contributed by atoms with Crippen LogP contribution in [0, 0.1) is 6.92 Å². The van der Waals surface area contributed by atoms with Crippen LogP contribution in [-0.4, -0.2) is 29.5 Å². The molecule has 0 saturated heterocycles. The van der Waals surface area contributed by atoms with Gasteiger partial charge < -0.3 is 4.74 Å². The summed E-state index contributed by atoms with van der Waals surface area (Å²) in [6.45, 7) is 3.67. The van der Waals surface area contributed by atoms with Crippen molar-refractivity contribution < 1.29 is 19.1 Å². The summed E-state index contributed by atoms with van der Waals surface area (Å²) < 4.78 is 4.81. The highest BCUT2D eigenvalue weighted by molar-refractivity contribution is 7.17. The minimum Gasteiger partial charge on any atom is -0.450 e. The van der Waals surface area contributed by atoms with E-state index in [9.17, 15) is 14.4 Å². The molecule has 0 aliphatic heterocycles. The van der Waals surface area contributed by atoms with Crippen molar-refractivity contribution in [1.82, 2.24) is 15.8 Å². The molecule has 0 aliphatic carbocycles. The van der Waals surface area contributed by atoms with Crippen molar-refractivity contribution in [1.29, 1.82) is 0 Å². The van der Waals surface area contributed by atoms with Crippen molar-refractivity contribution >= 4 is 34.9 Å². The Morgan fingerprint density at radius 2 is 1.73 bits per heavy atom. The third kappa shape index (κ3) is 5.21. The highest BCUT2D eigenvalue weighted by atomic mass is 32.1. The summed E-state index contributed by atoms with van der Waals surface area (Å²) in [4.78, 5) is 41.2. The first kappa shape index (κ1) is 21.0.